The molecule has 3 saturated carbocycles. The number of esters is 2. The molecule has 168 valence electrons. The molecule has 1 spiro atoms. The molecule has 6 heteroatoms. The van der Waals surface area contributed by atoms with Gasteiger partial charge in [-0.15, -0.1) is 0 Å². The first-order valence-corrected chi connectivity index (χ1v) is 11.8. The smallest absolute Gasteiger partial charge is 0.309 e. The molecule has 0 N–H and O–H groups in total. The molecule has 1 saturated heterocycles. The summed E-state index contributed by atoms with van der Waals surface area (Å²) in [5.41, 5.74) is 0.242. The molecule has 4 fully saturated rings. The third kappa shape index (κ3) is 2.75. The van der Waals surface area contributed by atoms with Crippen molar-refractivity contribution in [2.45, 2.75) is 84.3 Å². The molecule has 6 atom stereocenters. The molecule has 5 aliphatic rings. The predicted octanol–water partition coefficient (Wildman–Crippen LogP) is 3.91. The maximum absolute atomic E-state index is 12.7. The molecule has 31 heavy (non-hydrogen) atoms. The topological polar surface area (TPSA) is 86.7 Å². The van der Waals surface area contributed by atoms with Gasteiger partial charge < -0.3 is 9.47 Å². The monoisotopic (exact) mass is 428 g/mol. The van der Waals surface area contributed by atoms with Crippen molar-refractivity contribution in [2.24, 2.45) is 34.5 Å². The van der Waals surface area contributed by atoms with E-state index in [0.29, 0.717) is 11.8 Å². The van der Waals surface area contributed by atoms with Crippen LogP contribution in [0.4, 0.5) is 0 Å². The average Bonchev–Trinajstić information content (AvgIpc) is 2.97. The standard InChI is InChI=1S/C25H32O6/c1-14(26)18-6-7-19-17-5-4-15-12-16(27)13-25(30-21(28)8-9-22(29)31-25)24(15,3)20(17)10-11-23(18,19)2/h12,17-20H,4-11,13H2,1-3H3/t17-,18+,19-,20-,23+,24-/m0/s1. The number of hydrogen-bond donors (Lipinski definition) is 0. The highest BCUT2D eigenvalue weighted by Gasteiger charge is 2.69. The van der Waals surface area contributed by atoms with Gasteiger partial charge in [-0.25, -0.2) is 0 Å². The second-order valence-electron chi connectivity index (χ2n) is 10.9. The number of ketones is 2. The lowest BCUT2D eigenvalue weighted by Crippen LogP contribution is -2.63. The number of rotatable bonds is 1. The SMILES string of the molecule is CC(=O)[C@H]1CC[C@H]2[C@@H]3CCC4=CC(=O)CC5(OC(=O)CCC(=O)O5)[C@]4(C)[C@H]3CC[C@]12C. The molecule has 0 bridgehead atoms. The average molecular weight is 429 g/mol. The molecule has 0 aromatic carbocycles. The largest absolute Gasteiger partial charge is 0.421 e. The van der Waals surface area contributed by atoms with Gasteiger partial charge in [-0.2, -0.15) is 0 Å². The third-order valence-corrected chi connectivity index (χ3v) is 9.71. The Bertz CT molecular complexity index is 884. The minimum atomic E-state index is -1.55. The summed E-state index contributed by atoms with van der Waals surface area (Å²) in [5.74, 6) is -1.32. The van der Waals surface area contributed by atoms with Crippen LogP contribution in [0.3, 0.4) is 0 Å². The molecular weight excluding hydrogens is 396 g/mol. The van der Waals surface area contributed by atoms with E-state index in [9.17, 15) is 19.2 Å². The van der Waals surface area contributed by atoms with E-state index in [2.05, 4.69) is 6.92 Å². The van der Waals surface area contributed by atoms with Gasteiger partial charge in [-0.05, 0) is 81.6 Å². The second-order valence-corrected chi connectivity index (χ2v) is 10.9. The van der Waals surface area contributed by atoms with Crippen LogP contribution in [-0.4, -0.2) is 29.3 Å². The van der Waals surface area contributed by atoms with E-state index < -0.39 is 23.1 Å². The normalized spacial score (nSPS) is 43.7. The van der Waals surface area contributed by atoms with Crippen LogP contribution in [0.2, 0.25) is 0 Å². The summed E-state index contributed by atoms with van der Waals surface area (Å²) in [4.78, 5) is 50.1. The fraction of sp³-hybridized carbons (Fsp3) is 0.760. The first-order chi connectivity index (χ1) is 14.6. The minimum absolute atomic E-state index is 0.000958. The molecule has 0 aromatic heterocycles. The molecule has 0 amide bonds. The van der Waals surface area contributed by atoms with Crippen LogP contribution in [0.25, 0.3) is 0 Å². The zero-order valence-electron chi connectivity index (χ0n) is 18.7. The molecule has 6 nitrogen and oxygen atoms in total. The summed E-state index contributed by atoms with van der Waals surface area (Å²) in [5, 5.41) is 0. The second kappa shape index (κ2) is 6.76. The Morgan fingerprint density at radius 1 is 0.935 bits per heavy atom. The van der Waals surface area contributed by atoms with Crippen LogP contribution < -0.4 is 0 Å². The maximum atomic E-state index is 12.7. The van der Waals surface area contributed by atoms with Gasteiger partial charge in [-0.1, -0.05) is 12.5 Å². The van der Waals surface area contributed by atoms with Crippen molar-refractivity contribution in [3.05, 3.63) is 11.6 Å². The van der Waals surface area contributed by atoms with Gasteiger partial charge in [0.25, 0.3) is 5.79 Å². The maximum Gasteiger partial charge on any atom is 0.309 e. The summed E-state index contributed by atoms with van der Waals surface area (Å²) in [6, 6.07) is 0. The van der Waals surface area contributed by atoms with Gasteiger partial charge in [0.1, 0.15) is 5.78 Å². The van der Waals surface area contributed by atoms with Gasteiger partial charge >= 0.3 is 11.9 Å². The number of carbonyl (C=O) groups excluding carboxylic acids is 4. The zero-order valence-corrected chi connectivity index (χ0v) is 18.7. The Morgan fingerprint density at radius 2 is 1.61 bits per heavy atom. The number of hydrogen-bond acceptors (Lipinski definition) is 6. The summed E-state index contributed by atoms with van der Waals surface area (Å²) >= 11 is 0. The first kappa shape index (κ1) is 20.9. The van der Waals surface area contributed by atoms with E-state index in [1.807, 2.05) is 6.92 Å². The van der Waals surface area contributed by atoms with Crippen molar-refractivity contribution in [3.8, 4) is 0 Å². The highest BCUT2D eigenvalue weighted by Crippen LogP contribution is 2.69. The minimum Gasteiger partial charge on any atom is -0.421 e. The summed E-state index contributed by atoms with van der Waals surface area (Å²) in [6.45, 7) is 6.06. The number of fused-ring (bicyclic) bond motifs is 6. The van der Waals surface area contributed by atoms with Crippen LogP contribution in [0, 0.1) is 34.5 Å². The van der Waals surface area contributed by atoms with Crippen LogP contribution in [-0.2, 0) is 28.7 Å². The Labute approximate surface area is 183 Å². The van der Waals surface area contributed by atoms with Gasteiger partial charge in [0, 0.05) is 5.92 Å². The Kier molecular flexibility index (Phi) is 4.56. The van der Waals surface area contributed by atoms with E-state index >= 15 is 0 Å². The van der Waals surface area contributed by atoms with E-state index in [-0.39, 0.29) is 48.1 Å². The molecule has 1 aliphatic heterocycles. The first-order valence-electron chi connectivity index (χ1n) is 11.8. The molecule has 4 aliphatic carbocycles. The van der Waals surface area contributed by atoms with Gasteiger partial charge in [0.15, 0.2) is 5.78 Å². The van der Waals surface area contributed by atoms with Crippen LogP contribution in [0.1, 0.15) is 78.6 Å². The van der Waals surface area contributed by atoms with Crippen molar-refractivity contribution in [3.63, 3.8) is 0 Å². The quantitative estimate of drug-likeness (QED) is 0.589. The molecule has 5 rings (SSSR count). The fourth-order valence-electron chi connectivity index (χ4n) is 8.28. The van der Waals surface area contributed by atoms with Crippen LogP contribution >= 0.6 is 0 Å². The third-order valence-electron chi connectivity index (χ3n) is 9.71. The van der Waals surface area contributed by atoms with Crippen molar-refractivity contribution in [1.29, 1.82) is 0 Å². The van der Waals surface area contributed by atoms with Crippen molar-refractivity contribution < 1.29 is 28.7 Å². The van der Waals surface area contributed by atoms with Crippen molar-refractivity contribution >= 4 is 23.5 Å². The van der Waals surface area contributed by atoms with E-state index in [4.69, 9.17) is 9.47 Å². The van der Waals surface area contributed by atoms with E-state index in [0.717, 1.165) is 44.1 Å². The summed E-state index contributed by atoms with van der Waals surface area (Å²) < 4.78 is 11.8. The Hall–Kier alpha value is -1.98. The van der Waals surface area contributed by atoms with Crippen molar-refractivity contribution in [1.82, 2.24) is 0 Å². The lowest BCUT2D eigenvalue weighted by molar-refractivity contribution is -0.281. The molecule has 0 radical (unpaired) electrons. The van der Waals surface area contributed by atoms with Gasteiger partial charge in [-0.3, -0.25) is 19.2 Å². The number of Topliss-reactive ketones (excluding diaryl/α,β-unsaturated/α-hetero) is 1. The van der Waals surface area contributed by atoms with Gasteiger partial charge in [0.2, 0.25) is 0 Å². The van der Waals surface area contributed by atoms with E-state index in [1.165, 1.54) is 0 Å². The van der Waals surface area contributed by atoms with Crippen molar-refractivity contribution in [2.75, 3.05) is 0 Å². The predicted molar refractivity (Wildman–Crippen MR) is 110 cm³/mol. The zero-order chi connectivity index (χ0) is 22.2. The molecule has 0 unspecified atom stereocenters. The lowest BCUT2D eigenvalue weighted by Gasteiger charge is -2.61. The lowest BCUT2D eigenvalue weighted by atomic mass is 9.45. The Morgan fingerprint density at radius 3 is 2.26 bits per heavy atom. The molecule has 0 aromatic rings. The van der Waals surface area contributed by atoms with Crippen LogP contribution in [0.5, 0.6) is 0 Å². The highest BCUT2D eigenvalue weighted by atomic mass is 16.7. The number of carbonyl (C=O) groups is 4. The number of ether oxygens (including phenoxy) is 2. The highest BCUT2D eigenvalue weighted by molar-refractivity contribution is 5.94. The molecule has 1 heterocycles. The van der Waals surface area contributed by atoms with E-state index in [1.54, 1.807) is 13.0 Å². The molecular formula is C25H32O6. The fourth-order valence-corrected chi connectivity index (χ4v) is 8.28. The van der Waals surface area contributed by atoms with Gasteiger partial charge in [0.05, 0.1) is 24.7 Å². The summed E-state index contributed by atoms with van der Waals surface area (Å²) in [6.07, 6.45) is 7.05. The Balaban J connectivity index is 1.59. The van der Waals surface area contributed by atoms with Crippen LogP contribution in [0.15, 0.2) is 11.6 Å². The summed E-state index contributed by atoms with van der Waals surface area (Å²) in [7, 11) is 0.